The fraction of sp³-hybridized carbons (Fsp3) is 0.364. The molecule has 2 N–H and O–H groups in total. The third-order valence-corrected chi connectivity index (χ3v) is 8.84. The van der Waals surface area contributed by atoms with E-state index in [1.165, 1.54) is 17.4 Å². The number of anilines is 1. The largest absolute Gasteiger partial charge is 0.348 e. The number of fused-ring (bicyclic) bond motifs is 1. The van der Waals surface area contributed by atoms with Gasteiger partial charge in [0.05, 0.1) is 17.1 Å². The Hall–Kier alpha value is -2.16. The molecule has 0 radical (unpaired) electrons. The molecule has 1 aliphatic heterocycles. The number of halogens is 1. The van der Waals surface area contributed by atoms with Crippen molar-refractivity contribution in [2.75, 3.05) is 16.8 Å². The number of hydrogen-bond donors (Lipinski definition) is 2. The molecule has 1 aromatic heterocycles. The molecule has 0 spiro atoms. The van der Waals surface area contributed by atoms with Crippen LogP contribution in [0.15, 0.2) is 30.3 Å². The van der Waals surface area contributed by atoms with Gasteiger partial charge in [0.15, 0.2) is 9.84 Å². The van der Waals surface area contributed by atoms with E-state index in [4.69, 9.17) is 11.6 Å². The van der Waals surface area contributed by atoms with Crippen molar-refractivity contribution < 1.29 is 18.0 Å². The summed E-state index contributed by atoms with van der Waals surface area (Å²) in [6.45, 7) is 0. The Morgan fingerprint density at radius 2 is 1.94 bits per heavy atom. The SMILES string of the molecule is O=C(C=Cc1ccccc1Cl)Nc1sc2c(c1C(=O)NC1CCS(=O)(=O)C1)CCCC2. The van der Waals surface area contributed by atoms with Crippen LogP contribution in [0.3, 0.4) is 0 Å². The van der Waals surface area contributed by atoms with Crippen LogP contribution in [0.1, 0.15) is 45.6 Å². The second-order valence-corrected chi connectivity index (χ2v) is 11.6. The van der Waals surface area contributed by atoms with Crippen molar-refractivity contribution in [1.29, 1.82) is 0 Å². The summed E-state index contributed by atoms with van der Waals surface area (Å²) < 4.78 is 23.5. The number of amides is 2. The third-order valence-electron chi connectivity index (χ3n) is 5.52. The van der Waals surface area contributed by atoms with Gasteiger partial charge >= 0.3 is 0 Å². The quantitative estimate of drug-likeness (QED) is 0.638. The molecule has 1 fully saturated rings. The molecule has 31 heavy (non-hydrogen) atoms. The summed E-state index contributed by atoms with van der Waals surface area (Å²) in [6.07, 6.45) is 7.14. The van der Waals surface area contributed by atoms with E-state index in [-0.39, 0.29) is 29.4 Å². The second-order valence-electron chi connectivity index (χ2n) is 7.83. The highest BCUT2D eigenvalue weighted by Crippen LogP contribution is 2.38. The van der Waals surface area contributed by atoms with Crippen molar-refractivity contribution >= 4 is 55.7 Å². The normalized spacial score (nSPS) is 19.8. The van der Waals surface area contributed by atoms with Gasteiger partial charge in [0.25, 0.3) is 5.91 Å². The zero-order valence-electron chi connectivity index (χ0n) is 16.8. The lowest BCUT2D eigenvalue weighted by Crippen LogP contribution is -2.36. The van der Waals surface area contributed by atoms with Gasteiger partial charge in [0.1, 0.15) is 5.00 Å². The maximum Gasteiger partial charge on any atom is 0.254 e. The molecule has 2 aromatic rings. The monoisotopic (exact) mass is 478 g/mol. The molecule has 1 unspecified atom stereocenters. The Labute approximate surface area is 190 Å². The maximum atomic E-state index is 13.1. The fourth-order valence-corrected chi connectivity index (χ4v) is 7.15. The highest BCUT2D eigenvalue weighted by molar-refractivity contribution is 7.91. The van der Waals surface area contributed by atoms with Crippen LogP contribution in [-0.2, 0) is 27.5 Å². The molecule has 0 saturated carbocycles. The first-order valence-corrected chi connectivity index (χ1v) is 13.2. The van der Waals surface area contributed by atoms with Crippen LogP contribution in [0.2, 0.25) is 5.02 Å². The number of benzene rings is 1. The molecule has 4 rings (SSSR count). The summed E-state index contributed by atoms with van der Waals surface area (Å²) in [4.78, 5) is 26.8. The predicted octanol–water partition coefficient (Wildman–Crippen LogP) is 3.85. The van der Waals surface area contributed by atoms with Crippen molar-refractivity contribution in [1.82, 2.24) is 5.32 Å². The van der Waals surface area contributed by atoms with E-state index < -0.39 is 9.84 Å². The minimum Gasteiger partial charge on any atom is -0.348 e. The molecular formula is C22H23ClN2O4S2. The van der Waals surface area contributed by atoms with E-state index in [0.717, 1.165) is 41.7 Å². The average molecular weight is 479 g/mol. The van der Waals surface area contributed by atoms with Crippen LogP contribution < -0.4 is 10.6 Å². The zero-order chi connectivity index (χ0) is 22.0. The van der Waals surface area contributed by atoms with Gasteiger partial charge < -0.3 is 10.6 Å². The molecule has 164 valence electrons. The van der Waals surface area contributed by atoms with E-state index >= 15 is 0 Å². The lowest BCUT2D eigenvalue weighted by atomic mass is 9.95. The van der Waals surface area contributed by atoms with Crippen LogP contribution in [0.4, 0.5) is 5.00 Å². The molecule has 6 nitrogen and oxygen atoms in total. The number of hydrogen-bond acceptors (Lipinski definition) is 5. The Morgan fingerprint density at radius 1 is 1.16 bits per heavy atom. The summed E-state index contributed by atoms with van der Waals surface area (Å²) in [5.41, 5.74) is 2.17. The Balaban J connectivity index is 1.54. The topological polar surface area (TPSA) is 92.3 Å². The number of rotatable bonds is 5. The number of carbonyl (C=O) groups excluding carboxylic acids is 2. The van der Waals surface area contributed by atoms with E-state index in [1.807, 2.05) is 18.2 Å². The summed E-state index contributed by atoms with van der Waals surface area (Å²) in [6, 6.07) is 6.82. The van der Waals surface area contributed by atoms with Gasteiger partial charge in [0, 0.05) is 22.0 Å². The maximum absolute atomic E-state index is 13.1. The fourth-order valence-electron chi connectivity index (χ4n) is 3.99. The molecule has 1 aliphatic carbocycles. The molecule has 1 saturated heterocycles. The smallest absolute Gasteiger partial charge is 0.254 e. The molecule has 2 heterocycles. The Kier molecular flexibility index (Phi) is 6.50. The van der Waals surface area contributed by atoms with Gasteiger partial charge in [-0.1, -0.05) is 29.8 Å². The minimum absolute atomic E-state index is 0.0344. The number of sulfone groups is 1. The van der Waals surface area contributed by atoms with Crippen LogP contribution >= 0.6 is 22.9 Å². The summed E-state index contributed by atoms with van der Waals surface area (Å²) in [5, 5.41) is 6.78. The molecule has 1 atom stereocenters. The summed E-state index contributed by atoms with van der Waals surface area (Å²) in [5.74, 6) is -0.605. The van der Waals surface area contributed by atoms with Gasteiger partial charge in [-0.05, 0) is 55.4 Å². The van der Waals surface area contributed by atoms with Gasteiger partial charge in [-0.2, -0.15) is 0 Å². The highest BCUT2D eigenvalue weighted by Gasteiger charge is 2.32. The van der Waals surface area contributed by atoms with Gasteiger partial charge in [-0.25, -0.2) is 8.42 Å². The molecule has 9 heteroatoms. The van der Waals surface area contributed by atoms with E-state index in [1.54, 1.807) is 12.1 Å². The molecule has 0 bridgehead atoms. The van der Waals surface area contributed by atoms with E-state index in [0.29, 0.717) is 22.0 Å². The molecule has 2 amide bonds. The molecule has 2 aliphatic rings. The minimum atomic E-state index is -3.10. The Bertz CT molecular complexity index is 1150. The number of aryl methyl sites for hydroxylation is 1. The third kappa shape index (κ3) is 5.19. The molecular weight excluding hydrogens is 456 g/mol. The van der Waals surface area contributed by atoms with Crippen molar-refractivity contribution in [2.24, 2.45) is 0 Å². The Morgan fingerprint density at radius 3 is 2.68 bits per heavy atom. The zero-order valence-corrected chi connectivity index (χ0v) is 19.2. The van der Waals surface area contributed by atoms with Crippen molar-refractivity contribution in [3.05, 3.63) is 56.9 Å². The number of carbonyl (C=O) groups is 2. The van der Waals surface area contributed by atoms with Crippen molar-refractivity contribution in [3.63, 3.8) is 0 Å². The van der Waals surface area contributed by atoms with Gasteiger partial charge in [-0.3, -0.25) is 9.59 Å². The summed E-state index contributed by atoms with van der Waals surface area (Å²) in [7, 11) is -3.10. The van der Waals surface area contributed by atoms with E-state index in [9.17, 15) is 18.0 Å². The lowest BCUT2D eigenvalue weighted by molar-refractivity contribution is -0.111. The van der Waals surface area contributed by atoms with Crippen LogP contribution in [0.25, 0.3) is 6.08 Å². The summed E-state index contributed by atoms with van der Waals surface area (Å²) >= 11 is 7.56. The van der Waals surface area contributed by atoms with Gasteiger partial charge in [-0.15, -0.1) is 11.3 Å². The van der Waals surface area contributed by atoms with Crippen LogP contribution in [0, 0.1) is 0 Å². The van der Waals surface area contributed by atoms with Crippen LogP contribution in [0.5, 0.6) is 0 Å². The second kappa shape index (κ2) is 9.14. The highest BCUT2D eigenvalue weighted by atomic mass is 35.5. The first-order chi connectivity index (χ1) is 14.8. The van der Waals surface area contributed by atoms with Crippen LogP contribution in [-0.4, -0.2) is 37.8 Å². The predicted molar refractivity (Wildman–Crippen MR) is 125 cm³/mol. The van der Waals surface area contributed by atoms with Gasteiger partial charge in [0.2, 0.25) is 5.91 Å². The van der Waals surface area contributed by atoms with E-state index in [2.05, 4.69) is 10.6 Å². The number of nitrogens with one attached hydrogen (secondary N) is 2. The first-order valence-electron chi connectivity index (χ1n) is 10.2. The number of thiophene rings is 1. The first kappa shape index (κ1) is 22.0. The average Bonchev–Trinajstić information content (AvgIpc) is 3.26. The molecule has 1 aromatic carbocycles. The standard InChI is InChI=1S/C22H23ClN2O4S2/c23-17-7-3-1-5-14(17)9-10-19(26)25-22-20(16-6-2-4-8-18(16)30-22)21(27)24-15-11-12-31(28,29)13-15/h1,3,5,7,9-10,15H,2,4,6,8,11-13H2,(H,24,27)(H,25,26). The van der Waals surface area contributed by atoms with Crippen molar-refractivity contribution in [3.8, 4) is 0 Å². The lowest BCUT2D eigenvalue weighted by Gasteiger charge is -2.15. The van der Waals surface area contributed by atoms with Crippen molar-refractivity contribution in [2.45, 2.75) is 38.1 Å².